The molecule has 2 aromatic rings. The number of amides is 1. The second-order valence-electron chi connectivity index (χ2n) is 3.75. The van der Waals surface area contributed by atoms with Crippen LogP contribution in [0.5, 0.6) is 5.75 Å². The van der Waals surface area contributed by atoms with Crippen molar-refractivity contribution in [2.45, 2.75) is 12.3 Å². The molecule has 0 aliphatic heterocycles. The average molecular weight is 282 g/mol. The zero-order valence-corrected chi connectivity index (χ0v) is 11.1. The predicted molar refractivity (Wildman–Crippen MR) is 70.2 cm³/mol. The van der Waals surface area contributed by atoms with E-state index in [1.54, 1.807) is 38.3 Å². The molecular weight excluding hydrogens is 270 g/mol. The minimum absolute atomic E-state index is 0.0170. The second-order valence-corrected chi connectivity index (χ2v) is 4.40. The van der Waals surface area contributed by atoms with Crippen LogP contribution >= 0.6 is 11.6 Å². The number of anilines is 1. The number of ether oxygens (including phenoxy) is 1. The minimum Gasteiger partial charge on any atom is -0.497 e. The number of methoxy groups -OCH3 is 1. The summed E-state index contributed by atoms with van der Waals surface area (Å²) in [5, 5.41) is 9.31. The van der Waals surface area contributed by atoms with Gasteiger partial charge in [0.1, 0.15) is 11.1 Å². The van der Waals surface area contributed by atoms with Crippen molar-refractivity contribution in [3.8, 4) is 17.2 Å². The van der Waals surface area contributed by atoms with Gasteiger partial charge in [0.25, 0.3) is 0 Å². The number of nitrogens with zero attached hydrogens (tertiary/aromatic N) is 2. The van der Waals surface area contributed by atoms with Crippen molar-refractivity contribution in [1.82, 2.24) is 10.2 Å². The lowest BCUT2D eigenvalue weighted by Gasteiger charge is -2.01. The first-order valence-electron chi connectivity index (χ1n) is 5.53. The van der Waals surface area contributed by atoms with E-state index in [0.717, 1.165) is 11.3 Å². The summed E-state index contributed by atoms with van der Waals surface area (Å²) in [5.41, 5.74) is 0.729. The van der Waals surface area contributed by atoms with Crippen molar-refractivity contribution < 1.29 is 13.9 Å². The molecule has 7 heteroatoms. The van der Waals surface area contributed by atoms with Gasteiger partial charge in [-0.3, -0.25) is 10.1 Å². The van der Waals surface area contributed by atoms with Crippen LogP contribution in [0.3, 0.4) is 0 Å². The SMILES string of the molecule is COc1ccc(-c2nnc(NC(=O)[C@H](C)Cl)o2)cc1. The molecule has 0 bridgehead atoms. The van der Waals surface area contributed by atoms with Crippen LogP contribution in [0.1, 0.15) is 6.92 Å². The summed E-state index contributed by atoms with van der Waals surface area (Å²) in [4.78, 5) is 11.4. The van der Waals surface area contributed by atoms with Crippen molar-refractivity contribution in [1.29, 1.82) is 0 Å². The van der Waals surface area contributed by atoms with Gasteiger partial charge in [0.15, 0.2) is 0 Å². The molecule has 1 aromatic heterocycles. The summed E-state index contributed by atoms with van der Waals surface area (Å²) in [6.45, 7) is 1.55. The largest absolute Gasteiger partial charge is 0.497 e. The van der Waals surface area contributed by atoms with E-state index >= 15 is 0 Å². The number of alkyl halides is 1. The predicted octanol–water partition coefficient (Wildman–Crippen LogP) is 2.31. The van der Waals surface area contributed by atoms with E-state index in [9.17, 15) is 4.79 Å². The van der Waals surface area contributed by atoms with Gasteiger partial charge in [-0.25, -0.2) is 0 Å². The number of carbonyl (C=O) groups excluding carboxylic acids is 1. The summed E-state index contributed by atoms with van der Waals surface area (Å²) >= 11 is 5.62. The molecule has 1 amide bonds. The summed E-state index contributed by atoms with van der Waals surface area (Å²) in [6, 6.07) is 7.13. The third-order valence-electron chi connectivity index (χ3n) is 2.35. The van der Waals surface area contributed by atoms with Crippen LogP contribution < -0.4 is 10.1 Å². The number of carbonyl (C=O) groups is 1. The van der Waals surface area contributed by atoms with Gasteiger partial charge >= 0.3 is 6.01 Å². The van der Waals surface area contributed by atoms with Crippen molar-refractivity contribution in [2.75, 3.05) is 12.4 Å². The summed E-state index contributed by atoms with van der Waals surface area (Å²) < 4.78 is 10.4. The van der Waals surface area contributed by atoms with E-state index in [1.807, 2.05) is 0 Å². The Hall–Kier alpha value is -2.08. The normalized spacial score (nSPS) is 11.9. The number of nitrogens with one attached hydrogen (secondary N) is 1. The lowest BCUT2D eigenvalue weighted by Crippen LogP contribution is -2.20. The van der Waals surface area contributed by atoms with Gasteiger partial charge in [-0.15, -0.1) is 16.7 Å². The molecule has 6 nitrogen and oxygen atoms in total. The second kappa shape index (κ2) is 5.71. The van der Waals surface area contributed by atoms with Crippen molar-refractivity contribution in [3.05, 3.63) is 24.3 Å². The molecule has 0 saturated heterocycles. The molecular formula is C12H12ClN3O3. The van der Waals surface area contributed by atoms with Crippen molar-refractivity contribution in [2.24, 2.45) is 0 Å². The van der Waals surface area contributed by atoms with Crippen LogP contribution in [0.25, 0.3) is 11.5 Å². The summed E-state index contributed by atoms with van der Waals surface area (Å²) in [6.07, 6.45) is 0. The van der Waals surface area contributed by atoms with Gasteiger partial charge in [-0.05, 0) is 31.2 Å². The molecule has 1 atom stereocenters. The third kappa shape index (κ3) is 3.23. The maximum absolute atomic E-state index is 11.4. The fourth-order valence-corrected chi connectivity index (χ4v) is 1.38. The molecule has 2 rings (SSSR count). The number of halogens is 1. The number of hydrogen-bond donors (Lipinski definition) is 1. The molecule has 0 fully saturated rings. The topological polar surface area (TPSA) is 77.3 Å². The molecule has 0 aliphatic rings. The first-order chi connectivity index (χ1) is 9.10. The van der Waals surface area contributed by atoms with E-state index < -0.39 is 11.3 Å². The van der Waals surface area contributed by atoms with Gasteiger partial charge in [0, 0.05) is 5.56 Å². The Morgan fingerprint density at radius 2 is 2.05 bits per heavy atom. The Morgan fingerprint density at radius 3 is 2.63 bits per heavy atom. The van der Waals surface area contributed by atoms with Crippen LogP contribution in [0.4, 0.5) is 6.01 Å². The van der Waals surface area contributed by atoms with Gasteiger partial charge in [-0.2, -0.15) is 0 Å². The molecule has 1 heterocycles. The Labute approximate surface area is 114 Å². The van der Waals surface area contributed by atoms with E-state index in [1.165, 1.54) is 0 Å². The zero-order chi connectivity index (χ0) is 13.8. The highest BCUT2D eigenvalue weighted by molar-refractivity contribution is 6.32. The van der Waals surface area contributed by atoms with Crippen LogP contribution in [0, 0.1) is 0 Å². The smallest absolute Gasteiger partial charge is 0.322 e. The molecule has 0 unspecified atom stereocenters. The summed E-state index contributed by atoms with van der Waals surface area (Å²) in [7, 11) is 1.59. The number of aromatic nitrogens is 2. The highest BCUT2D eigenvalue weighted by atomic mass is 35.5. The molecule has 1 aromatic carbocycles. The van der Waals surface area contributed by atoms with Crippen LogP contribution in [-0.2, 0) is 4.79 Å². The number of rotatable bonds is 4. The monoisotopic (exact) mass is 281 g/mol. The average Bonchev–Trinajstić information content (AvgIpc) is 2.87. The molecule has 1 N–H and O–H groups in total. The minimum atomic E-state index is -0.670. The van der Waals surface area contributed by atoms with Crippen molar-refractivity contribution in [3.63, 3.8) is 0 Å². The van der Waals surface area contributed by atoms with Gasteiger partial charge in [0.2, 0.25) is 11.8 Å². The quantitative estimate of drug-likeness (QED) is 0.870. The van der Waals surface area contributed by atoms with E-state index in [0.29, 0.717) is 5.89 Å². The maximum Gasteiger partial charge on any atom is 0.322 e. The third-order valence-corrected chi connectivity index (χ3v) is 2.55. The molecule has 0 radical (unpaired) electrons. The van der Waals surface area contributed by atoms with Gasteiger partial charge < -0.3 is 9.15 Å². The fraction of sp³-hybridized carbons (Fsp3) is 0.250. The first-order valence-corrected chi connectivity index (χ1v) is 5.96. The highest BCUT2D eigenvalue weighted by Gasteiger charge is 2.14. The Balaban J connectivity index is 2.13. The zero-order valence-electron chi connectivity index (χ0n) is 10.4. The van der Waals surface area contributed by atoms with Crippen LogP contribution in [0.15, 0.2) is 28.7 Å². The molecule has 0 spiro atoms. The number of benzene rings is 1. The van der Waals surface area contributed by atoms with E-state index in [4.69, 9.17) is 20.8 Å². The van der Waals surface area contributed by atoms with Crippen LogP contribution in [0.2, 0.25) is 0 Å². The standard InChI is InChI=1S/C12H12ClN3O3/c1-7(13)10(17)14-12-16-15-11(19-12)8-3-5-9(18-2)6-4-8/h3-7H,1-2H3,(H,14,16,17)/t7-/m0/s1. The fourth-order valence-electron chi connectivity index (χ4n) is 1.33. The van der Waals surface area contributed by atoms with E-state index in [2.05, 4.69) is 15.5 Å². The molecule has 19 heavy (non-hydrogen) atoms. The van der Waals surface area contributed by atoms with Crippen molar-refractivity contribution >= 4 is 23.5 Å². The lowest BCUT2D eigenvalue weighted by molar-refractivity contribution is -0.115. The van der Waals surface area contributed by atoms with E-state index in [-0.39, 0.29) is 6.01 Å². The van der Waals surface area contributed by atoms with Crippen LogP contribution in [-0.4, -0.2) is 28.6 Å². The first kappa shape index (κ1) is 13.4. The number of hydrogen-bond acceptors (Lipinski definition) is 5. The Kier molecular flexibility index (Phi) is 4.01. The van der Waals surface area contributed by atoms with Gasteiger partial charge in [0.05, 0.1) is 7.11 Å². The highest BCUT2D eigenvalue weighted by Crippen LogP contribution is 2.22. The summed E-state index contributed by atoms with van der Waals surface area (Å²) in [5.74, 6) is 0.638. The molecule has 0 saturated carbocycles. The van der Waals surface area contributed by atoms with Gasteiger partial charge in [-0.1, -0.05) is 5.10 Å². The molecule has 0 aliphatic carbocycles. The Morgan fingerprint density at radius 1 is 1.37 bits per heavy atom. The maximum atomic E-state index is 11.4. The Bertz CT molecular complexity index is 566. The molecule has 100 valence electrons. The lowest BCUT2D eigenvalue weighted by atomic mass is 10.2.